The van der Waals surface area contributed by atoms with Gasteiger partial charge in [0.25, 0.3) is 0 Å². The molecule has 1 saturated heterocycles. The molecule has 3 heteroatoms. The van der Waals surface area contributed by atoms with Crippen LogP contribution in [0.4, 0.5) is 0 Å². The van der Waals surface area contributed by atoms with Gasteiger partial charge in [-0.1, -0.05) is 212 Å². The second-order valence-corrected chi connectivity index (χ2v) is 22.8. The van der Waals surface area contributed by atoms with Crippen molar-refractivity contribution in [2.75, 3.05) is 7.11 Å². The average Bonchev–Trinajstić information content (AvgIpc) is 3.88. The lowest BCUT2D eigenvalue weighted by Crippen LogP contribution is -2.55. The third kappa shape index (κ3) is 5.47. The molecule has 1 aliphatic heterocycles. The van der Waals surface area contributed by atoms with Gasteiger partial charge in [-0.25, -0.2) is 0 Å². The summed E-state index contributed by atoms with van der Waals surface area (Å²) in [6.45, 7) is 6.69. The van der Waals surface area contributed by atoms with Crippen molar-refractivity contribution in [3.05, 3.63) is 263 Å². The molecule has 1 heterocycles. The maximum atomic E-state index is 7.93. The number of hydrogen-bond acceptors (Lipinski definition) is 3. The molecule has 17 rings (SSSR count). The normalized spacial score (nSPS) is 21.0. The summed E-state index contributed by atoms with van der Waals surface area (Å²) in [5.41, 5.74) is 9.17. The van der Waals surface area contributed by atoms with Crippen molar-refractivity contribution >= 4 is 97.0 Å². The van der Waals surface area contributed by atoms with E-state index in [1.54, 1.807) is 0 Å². The van der Waals surface area contributed by atoms with Crippen LogP contribution in [0.25, 0.3) is 97.0 Å². The molecule has 76 heavy (non-hydrogen) atoms. The number of rotatable bonds is 7. The zero-order valence-electron chi connectivity index (χ0n) is 42.9. The SMILES string of the molecule is COC(c1ccc2ccc3cccc4ccc1c2c34)(c1ccc2ccc3cccc4ccc1c2c34)[C@@H]1OC(C)(C)O[C@H]1C(C)(C1=C2C=CC3=C4C(=CC=C(C=C1)C24)CC=C3)c1ccc2ccc3cccc4ccc1c2c34. The van der Waals surface area contributed by atoms with Crippen molar-refractivity contribution in [1.82, 2.24) is 0 Å². The maximum absolute atomic E-state index is 7.93. The summed E-state index contributed by atoms with van der Waals surface area (Å²) in [7, 11) is 1.92. The second-order valence-electron chi connectivity index (χ2n) is 22.8. The molecule has 4 aliphatic carbocycles. The van der Waals surface area contributed by atoms with Crippen LogP contribution in [-0.4, -0.2) is 25.1 Å². The molecule has 0 saturated carbocycles. The van der Waals surface area contributed by atoms with E-state index < -0.39 is 29.0 Å². The van der Waals surface area contributed by atoms with Crippen molar-refractivity contribution < 1.29 is 14.2 Å². The number of methoxy groups -OCH3 is 1. The van der Waals surface area contributed by atoms with Gasteiger partial charge in [0.15, 0.2) is 5.79 Å². The molecule has 0 spiro atoms. The van der Waals surface area contributed by atoms with Crippen LogP contribution in [0.3, 0.4) is 0 Å². The average molecular weight is 977 g/mol. The Morgan fingerprint density at radius 2 is 0.908 bits per heavy atom. The molecule has 0 N–H and O–H groups in total. The largest absolute Gasteiger partial charge is 0.366 e. The first kappa shape index (κ1) is 43.1. The minimum Gasteiger partial charge on any atom is -0.366 e. The first-order valence-electron chi connectivity index (χ1n) is 27.1. The molecule has 12 aromatic rings. The Kier molecular flexibility index (Phi) is 8.52. The van der Waals surface area contributed by atoms with Gasteiger partial charge in [0.1, 0.15) is 17.8 Å². The molecule has 5 aliphatic rings. The Bertz CT molecular complexity index is 4580. The lowest BCUT2D eigenvalue weighted by Gasteiger charge is -2.48. The summed E-state index contributed by atoms with van der Waals surface area (Å²) in [5, 5.41) is 22.0. The van der Waals surface area contributed by atoms with Gasteiger partial charge >= 0.3 is 0 Å². The smallest absolute Gasteiger partial charge is 0.164 e. The van der Waals surface area contributed by atoms with E-state index in [1.165, 1.54) is 125 Å². The summed E-state index contributed by atoms with van der Waals surface area (Å²) >= 11 is 0. The van der Waals surface area contributed by atoms with E-state index in [1.807, 2.05) is 7.11 Å². The number of ether oxygens (including phenoxy) is 3. The van der Waals surface area contributed by atoms with Crippen molar-refractivity contribution in [2.24, 2.45) is 5.92 Å². The van der Waals surface area contributed by atoms with Gasteiger partial charge in [0.2, 0.25) is 0 Å². The third-order valence-corrected chi connectivity index (χ3v) is 18.8. The molecular formula is C73H52O3. The fourth-order valence-corrected chi connectivity index (χ4v) is 15.6. The van der Waals surface area contributed by atoms with Gasteiger partial charge < -0.3 is 14.2 Å². The van der Waals surface area contributed by atoms with E-state index in [9.17, 15) is 0 Å². The summed E-state index contributed by atoms with van der Waals surface area (Å²) in [4.78, 5) is 0. The van der Waals surface area contributed by atoms with Gasteiger partial charge in [0, 0.05) is 18.4 Å². The van der Waals surface area contributed by atoms with E-state index in [0.29, 0.717) is 0 Å². The van der Waals surface area contributed by atoms with Crippen LogP contribution in [0.2, 0.25) is 0 Å². The predicted octanol–water partition coefficient (Wildman–Crippen LogP) is 17.9. The fourth-order valence-electron chi connectivity index (χ4n) is 15.6. The molecule has 0 radical (unpaired) electrons. The van der Waals surface area contributed by atoms with E-state index >= 15 is 0 Å². The molecule has 12 aromatic carbocycles. The molecule has 0 aromatic heterocycles. The van der Waals surface area contributed by atoms with Gasteiger partial charge in [-0.3, -0.25) is 0 Å². The monoisotopic (exact) mass is 976 g/mol. The minimum absolute atomic E-state index is 0.0835. The van der Waals surface area contributed by atoms with Gasteiger partial charge in [-0.15, -0.1) is 0 Å². The molecule has 0 bridgehead atoms. The van der Waals surface area contributed by atoms with Gasteiger partial charge in [-0.05, 0) is 174 Å². The van der Waals surface area contributed by atoms with Crippen LogP contribution in [0.15, 0.2) is 246 Å². The van der Waals surface area contributed by atoms with Gasteiger partial charge in [0.05, 0.1) is 0 Å². The van der Waals surface area contributed by atoms with E-state index in [2.05, 4.69) is 233 Å². The van der Waals surface area contributed by atoms with Crippen molar-refractivity contribution in [2.45, 2.75) is 56.2 Å². The minimum atomic E-state index is -1.25. The van der Waals surface area contributed by atoms with E-state index in [4.69, 9.17) is 14.2 Å². The predicted molar refractivity (Wildman–Crippen MR) is 315 cm³/mol. The lowest BCUT2D eigenvalue weighted by atomic mass is 9.59. The molecule has 4 atom stereocenters. The molecule has 1 fully saturated rings. The van der Waals surface area contributed by atoms with Crippen LogP contribution in [0, 0.1) is 5.92 Å². The molecule has 362 valence electrons. The van der Waals surface area contributed by atoms with Gasteiger partial charge in [-0.2, -0.15) is 0 Å². The Hall–Kier alpha value is -8.18. The van der Waals surface area contributed by atoms with E-state index in [0.717, 1.165) is 28.3 Å². The topological polar surface area (TPSA) is 27.7 Å². The van der Waals surface area contributed by atoms with E-state index in [-0.39, 0.29) is 5.92 Å². The Labute approximate surface area is 440 Å². The zero-order chi connectivity index (χ0) is 50.4. The van der Waals surface area contributed by atoms with Crippen molar-refractivity contribution in [3.63, 3.8) is 0 Å². The number of hydrogen-bond donors (Lipinski definition) is 0. The lowest BCUT2D eigenvalue weighted by molar-refractivity contribution is -0.171. The highest BCUT2D eigenvalue weighted by molar-refractivity contribution is 6.26. The number of benzene rings is 12. The highest BCUT2D eigenvalue weighted by atomic mass is 16.8. The standard InChI is InChI=1S/C73H52O3/c1-71(2)75-69(72(3,57-37-29-49-21-17-41-9-5-13-45-25-33-53(57)65(49)61(41)45)58-38-30-50-22-18-42-10-6-14-46-26-34-54(58)66(50)62(42)46)70(76-71)73(74-4,59-39-31-51-23-19-43-11-7-15-47-27-35-55(59)67(51)63(43)47)60-40-32-52-24-20-44-12-8-16-48-28-36-56(60)68(52)64(44)48/h5-9,11-40,66,69-70H,10H2,1-4H3/t66?,69-,70-,72?/m1/s1. The van der Waals surface area contributed by atoms with Crippen LogP contribution in [0.5, 0.6) is 0 Å². The van der Waals surface area contributed by atoms with Crippen molar-refractivity contribution in [1.29, 1.82) is 0 Å². The molecular weight excluding hydrogens is 925 g/mol. The Balaban J connectivity index is 1.01. The van der Waals surface area contributed by atoms with Crippen LogP contribution >= 0.6 is 0 Å². The Morgan fingerprint density at radius 1 is 0.461 bits per heavy atom. The molecule has 3 nitrogen and oxygen atoms in total. The molecule has 0 amide bonds. The summed E-state index contributed by atoms with van der Waals surface area (Å²) in [6.07, 6.45) is 18.5. The van der Waals surface area contributed by atoms with Crippen LogP contribution in [-0.2, 0) is 25.2 Å². The quantitative estimate of drug-likeness (QED) is 0.149. The summed E-state index contributed by atoms with van der Waals surface area (Å²) in [6, 6.07) is 61.8. The van der Waals surface area contributed by atoms with Crippen LogP contribution in [0.1, 0.15) is 43.9 Å². The Morgan fingerprint density at radius 3 is 1.42 bits per heavy atom. The first-order valence-corrected chi connectivity index (χ1v) is 27.1. The zero-order valence-corrected chi connectivity index (χ0v) is 42.9. The fraction of sp³-hybridized carbons (Fsp3) is 0.151. The third-order valence-electron chi connectivity index (χ3n) is 18.8. The first-order chi connectivity index (χ1) is 37.2. The highest BCUT2D eigenvalue weighted by Gasteiger charge is 2.63. The van der Waals surface area contributed by atoms with Crippen molar-refractivity contribution in [3.8, 4) is 0 Å². The number of allylic oxidation sites excluding steroid dienone is 13. The molecule has 2 unspecified atom stereocenters. The summed E-state index contributed by atoms with van der Waals surface area (Å²) < 4.78 is 23.6. The maximum Gasteiger partial charge on any atom is 0.164 e. The van der Waals surface area contributed by atoms with Crippen LogP contribution < -0.4 is 0 Å². The second kappa shape index (κ2) is 15.0. The highest BCUT2D eigenvalue weighted by Crippen LogP contribution is 2.60. The summed E-state index contributed by atoms with van der Waals surface area (Å²) in [5.74, 6) is -0.959.